The summed E-state index contributed by atoms with van der Waals surface area (Å²) < 4.78 is 4.76. The molecule has 0 spiro atoms. The number of aromatic nitrogens is 1. The molecule has 1 aromatic heterocycles. The summed E-state index contributed by atoms with van der Waals surface area (Å²) in [6.07, 6.45) is 0. The molecule has 0 radical (unpaired) electrons. The minimum Gasteiger partial charge on any atom is -0.508 e. The van der Waals surface area contributed by atoms with Gasteiger partial charge in [-0.05, 0) is 0 Å². The molecule has 0 aliphatic heterocycles. The maximum absolute atomic E-state index is 10.7. The van der Waals surface area contributed by atoms with Crippen molar-refractivity contribution in [3.63, 3.8) is 0 Å². The monoisotopic (exact) mass is 155 g/mol. The van der Waals surface area contributed by atoms with Crippen molar-refractivity contribution in [1.29, 1.82) is 0 Å². The number of aromatic amines is 1. The lowest BCUT2D eigenvalue weighted by atomic mass is 10.3. The van der Waals surface area contributed by atoms with Gasteiger partial charge in [0, 0.05) is 24.9 Å². The molecule has 0 saturated heterocycles. The summed E-state index contributed by atoms with van der Waals surface area (Å²) in [7, 11) is 1.52. The van der Waals surface area contributed by atoms with E-state index in [0.717, 1.165) is 6.07 Å². The first-order valence-electron chi connectivity index (χ1n) is 3.13. The minimum absolute atomic E-state index is 0.0409. The molecule has 4 heteroatoms. The first kappa shape index (κ1) is 7.81. The summed E-state index contributed by atoms with van der Waals surface area (Å²) in [5.74, 6) is -0.0409. The molecule has 0 saturated carbocycles. The smallest absolute Gasteiger partial charge is 0.251 e. The zero-order valence-electron chi connectivity index (χ0n) is 6.13. The Morgan fingerprint density at radius 3 is 2.91 bits per heavy atom. The third-order valence-electron chi connectivity index (χ3n) is 1.18. The van der Waals surface area contributed by atoms with Crippen LogP contribution in [0.1, 0.15) is 5.69 Å². The Labute approximate surface area is 63.5 Å². The topological polar surface area (TPSA) is 62.3 Å². The predicted octanol–water partition coefficient (Wildman–Crippen LogP) is 0.227. The minimum atomic E-state index is -0.322. The molecule has 11 heavy (non-hydrogen) atoms. The fourth-order valence-corrected chi connectivity index (χ4v) is 0.818. The van der Waals surface area contributed by atoms with Crippen LogP contribution in [0.2, 0.25) is 0 Å². The van der Waals surface area contributed by atoms with Crippen molar-refractivity contribution in [2.24, 2.45) is 0 Å². The molecular formula is C7H9NO3. The molecule has 0 aromatic carbocycles. The van der Waals surface area contributed by atoms with E-state index in [2.05, 4.69) is 4.98 Å². The SMILES string of the molecule is COCc1cc(O)cc(=O)[nH]1. The third-order valence-corrected chi connectivity index (χ3v) is 1.18. The zero-order valence-corrected chi connectivity index (χ0v) is 6.13. The van der Waals surface area contributed by atoms with Crippen LogP contribution in [-0.2, 0) is 11.3 Å². The van der Waals surface area contributed by atoms with Gasteiger partial charge in [-0.25, -0.2) is 0 Å². The molecule has 1 rings (SSSR count). The lowest BCUT2D eigenvalue weighted by molar-refractivity contribution is 0.181. The number of hydrogen-bond donors (Lipinski definition) is 2. The van der Waals surface area contributed by atoms with Crippen molar-refractivity contribution in [2.75, 3.05) is 7.11 Å². The molecule has 0 bridgehead atoms. The largest absolute Gasteiger partial charge is 0.508 e. The van der Waals surface area contributed by atoms with E-state index < -0.39 is 0 Å². The second-order valence-electron chi connectivity index (χ2n) is 2.16. The van der Waals surface area contributed by atoms with E-state index in [4.69, 9.17) is 9.84 Å². The van der Waals surface area contributed by atoms with Gasteiger partial charge in [-0.2, -0.15) is 0 Å². The lowest BCUT2D eigenvalue weighted by Gasteiger charge is -1.98. The van der Waals surface area contributed by atoms with Crippen molar-refractivity contribution in [3.8, 4) is 5.75 Å². The van der Waals surface area contributed by atoms with Crippen molar-refractivity contribution in [3.05, 3.63) is 28.2 Å². The van der Waals surface area contributed by atoms with Crippen LogP contribution >= 0.6 is 0 Å². The molecule has 60 valence electrons. The number of hydrogen-bond acceptors (Lipinski definition) is 3. The van der Waals surface area contributed by atoms with Gasteiger partial charge in [-0.3, -0.25) is 4.79 Å². The van der Waals surface area contributed by atoms with Gasteiger partial charge in [0.25, 0.3) is 5.56 Å². The van der Waals surface area contributed by atoms with Crippen molar-refractivity contribution in [2.45, 2.75) is 6.61 Å². The number of H-pyrrole nitrogens is 1. The van der Waals surface area contributed by atoms with E-state index in [-0.39, 0.29) is 11.3 Å². The normalized spacial score (nSPS) is 9.91. The molecule has 0 atom stereocenters. The van der Waals surface area contributed by atoms with Gasteiger partial charge in [0.1, 0.15) is 5.75 Å². The number of aromatic hydroxyl groups is 1. The number of rotatable bonds is 2. The van der Waals surface area contributed by atoms with E-state index in [1.165, 1.54) is 13.2 Å². The Hall–Kier alpha value is -1.29. The number of pyridine rings is 1. The third kappa shape index (κ3) is 2.09. The highest BCUT2D eigenvalue weighted by Gasteiger charge is 1.95. The average Bonchev–Trinajstić information content (AvgIpc) is 1.85. The molecular weight excluding hydrogens is 146 g/mol. The summed E-state index contributed by atoms with van der Waals surface area (Å²) in [4.78, 5) is 13.2. The Morgan fingerprint density at radius 2 is 2.36 bits per heavy atom. The van der Waals surface area contributed by atoms with Gasteiger partial charge < -0.3 is 14.8 Å². The Balaban J connectivity index is 2.99. The molecule has 1 aromatic rings. The zero-order chi connectivity index (χ0) is 8.27. The van der Waals surface area contributed by atoms with E-state index in [1.807, 2.05) is 0 Å². The van der Waals surface area contributed by atoms with Crippen LogP contribution in [0, 0.1) is 0 Å². The molecule has 0 unspecified atom stereocenters. The van der Waals surface area contributed by atoms with E-state index in [1.54, 1.807) is 0 Å². The van der Waals surface area contributed by atoms with Crippen LogP contribution in [0.4, 0.5) is 0 Å². The maximum atomic E-state index is 10.7. The highest BCUT2D eigenvalue weighted by atomic mass is 16.5. The van der Waals surface area contributed by atoms with Crippen LogP contribution in [0.25, 0.3) is 0 Å². The van der Waals surface area contributed by atoms with Crippen LogP contribution in [0.5, 0.6) is 5.75 Å². The van der Waals surface area contributed by atoms with Crippen LogP contribution < -0.4 is 5.56 Å². The molecule has 2 N–H and O–H groups in total. The van der Waals surface area contributed by atoms with Gasteiger partial charge in [0.2, 0.25) is 0 Å². The van der Waals surface area contributed by atoms with Gasteiger partial charge in [0.15, 0.2) is 0 Å². The molecule has 0 aliphatic carbocycles. The summed E-state index contributed by atoms with van der Waals surface area (Å²) in [6.45, 7) is 0.295. The second kappa shape index (κ2) is 3.21. The van der Waals surface area contributed by atoms with Crippen LogP contribution in [-0.4, -0.2) is 17.2 Å². The first-order chi connectivity index (χ1) is 5.22. The average molecular weight is 155 g/mol. The number of ether oxygens (including phenoxy) is 1. The van der Waals surface area contributed by atoms with Crippen molar-refractivity contribution in [1.82, 2.24) is 4.98 Å². The highest BCUT2D eigenvalue weighted by molar-refractivity contribution is 5.20. The molecule has 1 heterocycles. The fourth-order valence-electron chi connectivity index (χ4n) is 0.818. The molecule has 4 nitrogen and oxygen atoms in total. The summed E-state index contributed by atoms with van der Waals surface area (Å²) in [5.41, 5.74) is 0.245. The highest BCUT2D eigenvalue weighted by Crippen LogP contribution is 2.05. The van der Waals surface area contributed by atoms with Gasteiger partial charge in [0.05, 0.1) is 6.61 Å². The van der Waals surface area contributed by atoms with Crippen LogP contribution in [0.15, 0.2) is 16.9 Å². The number of nitrogens with one attached hydrogen (secondary N) is 1. The van der Waals surface area contributed by atoms with Gasteiger partial charge >= 0.3 is 0 Å². The first-order valence-corrected chi connectivity index (χ1v) is 3.13. The fraction of sp³-hybridized carbons (Fsp3) is 0.286. The Morgan fingerprint density at radius 1 is 1.64 bits per heavy atom. The van der Waals surface area contributed by atoms with Crippen molar-refractivity contribution >= 4 is 0 Å². The summed E-state index contributed by atoms with van der Waals surface area (Å²) >= 11 is 0. The quantitative estimate of drug-likeness (QED) is 0.642. The molecule has 0 aliphatic rings. The maximum Gasteiger partial charge on any atom is 0.251 e. The summed E-state index contributed by atoms with van der Waals surface area (Å²) in [5, 5.41) is 8.94. The number of methoxy groups -OCH3 is 1. The van der Waals surface area contributed by atoms with Gasteiger partial charge in [-0.15, -0.1) is 0 Å². The molecule has 0 fully saturated rings. The van der Waals surface area contributed by atoms with Crippen LogP contribution in [0.3, 0.4) is 0 Å². The van der Waals surface area contributed by atoms with Gasteiger partial charge in [-0.1, -0.05) is 0 Å². The Bertz CT molecular complexity index is 292. The Kier molecular flexibility index (Phi) is 2.28. The van der Waals surface area contributed by atoms with Crippen molar-refractivity contribution < 1.29 is 9.84 Å². The lowest BCUT2D eigenvalue weighted by Crippen LogP contribution is -2.06. The summed E-state index contributed by atoms with van der Waals surface area (Å²) in [6, 6.07) is 2.56. The second-order valence-corrected chi connectivity index (χ2v) is 2.16. The standard InChI is InChI=1S/C7H9NO3/c1-11-4-5-2-6(9)3-7(10)8-5/h2-3H,4H2,1H3,(H2,8,9,10). The van der Waals surface area contributed by atoms with E-state index in [9.17, 15) is 4.79 Å². The predicted molar refractivity (Wildman–Crippen MR) is 39.4 cm³/mol. The van der Waals surface area contributed by atoms with E-state index >= 15 is 0 Å². The molecule has 0 amide bonds. The van der Waals surface area contributed by atoms with E-state index in [0.29, 0.717) is 12.3 Å².